The number of hydrogen-bond acceptors (Lipinski definition) is 2. The van der Waals surface area contributed by atoms with Crippen molar-refractivity contribution in [2.75, 3.05) is 0 Å². The third kappa shape index (κ3) is 1.68. The predicted octanol–water partition coefficient (Wildman–Crippen LogP) is 2.04. The van der Waals surface area contributed by atoms with E-state index in [2.05, 4.69) is 4.98 Å². The second-order valence-corrected chi connectivity index (χ2v) is 3.63. The first kappa shape index (κ1) is 9.65. The van der Waals surface area contributed by atoms with Crippen LogP contribution in [0.2, 0.25) is 0 Å². The van der Waals surface area contributed by atoms with Crippen LogP contribution in [0.5, 0.6) is 0 Å². The van der Waals surface area contributed by atoms with E-state index in [0.29, 0.717) is 11.1 Å². The molecule has 76 valence electrons. The fourth-order valence-electron chi connectivity index (χ4n) is 1.65. The molecule has 0 amide bonds. The second kappa shape index (κ2) is 3.35. The van der Waals surface area contributed by atoms with Crippen molar-refractivity contribution in [1.29, 1.82) is 0 Å². The molecule has 2 rings (SSSR count). The smallest absolute Gasteiger partial charge is 0.248 e. The number of Topliss-reactive ketones (excluding diaryl/α,β-unsaturated/α-hetero) is 1. The number of nitrogens with one attached hydrogen (secondary N) is 1. The number of aromatic nitrogens is 1. The number of carbonyl (C=O) groups excluding carboxylic acids is 1. The Labute approximate surface area is 86.8 Å². The van der Waals surface area contributed by atoms with Gasteiger partial charge in [0.1, 0.15) is 0 Å². The molecular weight excluding hydrogens is 190 g/mol. The minimum Gasteiger partial charge on any atom is -0.322 e. The first-order valence-electron chi connectivity index (χ1n) is 4.72. The molecule has 0 atom stereocenters. The molecule has 3 heteroatoms. The van der Waals surface area contributed by atoms with Gasteiger partial charge in [-0.15, -0.1) is 0 Å². The normalized spacial score (nSPS) is 10.5. The first-order chi connectivity index (χ1) is 7.08. The average molecular weight is 201 g/mol. The maximum Gasteiger partial charge on any atom is 0.248 e. The maximum atomic E-state index is 11.2. The molecule has 0 unspecified atom stereocenters. The molecule has 1 N–H and O–H groups in total. The molecule has 0 aliphatic rings. The van der Waals surface area contributed by atoms with Crippen LogP contribution in [-0.4, -0.2) is 10.8 Å². The number of benzene rings is 1. The van der Waals surface area contributed by atoms with Crippen molar-refractivity contribution in [2.45, 2.75) is 13.8 Å². The number of rotatable bonds is 1. The van der Waals surface area contributed by atoms with Gasteiger partial charge in [0.05, 0.1) is 0 Å². The van der Waals surface area contributed by atoms with Gasteiger partial charge in [0.15, 0.2) is 5.78 Å². The number of pyridine rings is 1. The van der Waals surface area contributed by atoms with Crippen LogP contribution in [0.4, 0.5) is 0 Å². The van der Waals surface area contributed by atoms with Crippen molar-refractivity contribution >= 4 is 16.7 Å². The predicted molar refractivity (Wildman–Crippen MR) is 59.3 cm³/mol. The van der Waals surface area contributed by atoms with Crippen molar-refractivity contribution < 1.29 is 4.79 Å². The van der Waals surface area contributed by atoms with Gasteiger partial charge in [0.2, 0.25) is 5.56 Å². The van der Waals surface area contributed by atoms with E-state index in [-0.39, 0.29) is 11.3 Å². The molecule has 0 bridgehead atoms. The van der Waals surface area contributed by atoms with Crippen molar-refractivity contribution in [3.63, 3.8) is 0 Å². The molecule has 1 aromatic carbocycles. The van der Waals surface area contributed by atoms with Gasteiger partial charge >= 0.3 is 0 Å². The summed E-state index contributed by atoms with van der Waals surface area (Å²) in [7, 11) is 0. The summed E-state index contributed by atoms with van der Waals surface area (Å²) in [6.45, 7) is 3.39. The van der Waals surface area contributed by atoms with Crippen LogP contribution in [-0.2, 0) is 0 Å². The lowest BCUT2D eigenvalue weighted by atomic mass is 10.1. The molecule has 0 fully saturated rings. The number of carbonyl (C=O) groups is 1. The van der Waals surface area contributed by atoms with Gasteiger partial charge in [-0.3, -0.25) is 9.59 Å². The summed E-state index contributed by atoms with van der Waals surface area (Å²) in [6.07, 6.45) is 0. The van der Waals surface area contributed by atoms with Gasteiger partial charge in [0.25, 0.3) is 0 Å². The van der Waals surface area contributed by atoms with Gasteiger partial charge in [0, 0.05) is 22.5 Å². The molecule has 2 aromatic rings. The summed E-state index contributed by atoms with van der Waals surface area (Å²) in [5, 5.41) is 0.972. The Bertz CT molecular complexity index is 596. The highest BCUT2D eigenvalue weighted by Gasteiger charge is 2.03. The molecule has 1 aromatic heterocycles. The Hall–Kier alpha value is -1.90. The Morgan fingerprint density at radius 2 is 2.00 bits per heavy atom. The standard InChI is InChI=1S/C12H11NO2/c1-7-5-12(15)13-11-6-9(8(2)14)3-4-10(7)11/h3-6H,1-2H3,(H,13,15). The topological polar surface area (TPSA) is 49.9 Å². The molecule has 0 aliphatic heterocycles. The lowest BCUT2D eigenvalue weighted by Crippen LogP contribution is -2.05. The van der Waals surface area contributed by atoms with Crippen LogP contribution in [0.25, 0.3) is 10.9 Å². The van der Waals surface area contributed by atoms with Gasteiger partial charge < -0.3 is 4.98 Å². The highest BCUT2D eigenvalue weighted by Crippen LogP contribution is 2.16. The Morgan fingerprint density at radius 3 is 2.67 bits per heavy atom. The number of hydrogen-bond donors (Lipinski definition) is 1. The Morgan fingerprint density at radius 1 is 1.27 bits per heavy atom. The zero-order chi connectivity index (χ0) is 11.0. The quantitative estimate of drug-likeness (QED) is 0.718. The van der Waals surface area contributed by atoms with Crippen molar-refractivity contribution in [3.05, 3.63) is 45.7 Å². The van der Waals surface area contributed by atoms with E-state index in [1.807, 2.05) is 13.0 Å². The number of fused-ring (bicyclic) bond motifs is 1. The molecule has 0 spiro atoms. The van der Waals surface area contributed by atoms with E-state index in [0.717, 1.165) is 10.9 Å². The lowest BCUT2D eigenvalue weighted by molar-refractivity contribution is 0.101. The summed E-state index contributed by atoms with van der Waals surface area (Å²) in [5.41, 5.74) is 2.11. The van der Waals surface area contributed by atoms with Gasteiger partial charge in [-0.05, 0) is 25.5 Å². The fraction of sp³-hybridized carbons (Fsp3) is 0.167. The van der Waals surface area contributed by atoms with E-state index in [1.165, 1.54) is 6.92 Å². The van der Waals surface area contributed by atoms with E-state index in [4.69, 9.17) is 0 Å². The maximum absolute atomic E-state index is 11.2. The third-order valence-electron chi connectivity index (χ3n) is 2.46. The van der Waals surface area contributed by atoms with Crippen LogP contribution < -0.4 is 5.56 Å². The van der Waals surface area contributed by atoms with E-state index in [9.17, 15) is 9.59 Å². The van der Waals surface area contributed by atoms with Crippen molar-refractivity contribution in [3.8, 4) is 0 Å². The number of aryl methyl sites for hydroxylation is 1. The fourth-order valence-corrected chi connectivity index (χ4v) is 1.65. The van der Waals surface area contributed by atoms with Gasteiger partial charge in [-0.2, -0.15) is 0 Å². The highest BCUT2D eigenvalue weighted by atomic mass is 16.1. The largest absolute Gasteiger partial charge is 0.322 e. The molecule has 15 heavy (non-hydrogen) atoms. The molecule has 3 nitrogen and oxygen atoms in total. The molecule has 0 radical (unpaired) electrons. The van der Waals surface area contributed by atoms with E-state index in [1.54, 1.807) is 18.2 Å². The lowest BCUT2D eigenvalue weighted by Gasteiger charge is -2.02. The third-order valence-corrected chi connectivity index (χ3v) is 2.46. The van der Waals surface area contributed by atoms with Crippen molar-refractivity contribution in [1.82, 2.24) is 4.98 Å². The van der Waals surface area contributed by atoms with Crippen molar-refractivity contribution in [2.24, 2.45) is 0 Å². The number of aromatic amines is 1. The highest BCUT2D eigenvalue weighted by molar-refractivity contribution is 5.98. The summed E-state index contributed by atoms with van der Waals surface area (Å²) < 4.78 is 0. The van der Waals surface area contributed by atoms with Gasteiger partial charge in [-0.1, -0.05) is 12.1 Å². The van der Waals surface area contributed by atoms with Gasteiger partial charge in [-0.25, -0.2) is 0 Å². The molecule has 0 saturated carbocycles. The average Bonchev–Trinajstić information content (AvgIpc) is 2.16. The van der Waals surface area contributed by atoms with Crippen LogP contribution >= 0.6 is 0 Å². The molecule has 0 aliphatic carbocycles. The summed E-state index contributed by atoms with van der Waals surface area (Å²) in [5.74, 6) is -0.000690. The SMILES string of the molecule is CC(=O)c1ccc2c(C)cc(=O)[nH]c2c1. The van der Waals surface area contributed by atoms with Crippen LogP contribution in [0, 0.1) is 6.92 Å². The monoisotopic (exact) mass is 201 g/mol. The van der Waals surface area contributed by atoms with Crippen LogP contribution in [0.1, 0.15) is 22.8 Å². The Kier molecular flexibility index (Phi) is 2.15. The van der Waals surface area contributed by atoms with Crippen LogP contribution in [0.3, 0.4) is 0 Å². The summed E-state index contributed by atoms with van der Waals surface area (Å²) in [6, 6.07) is 6.90. The molecule has 1 heterocycles. The minimum atomic E-state index is -0.138. The zero-order valence-corrected chi connectivity index (χ0v) is 8.63. The van der Waals surface area contributed by atoms with E-state index < -0.39 is 0 Å². The number of ketones is 1. The summed E-state index contributed by atoms with van der Waals surface area (Å²) >= 11 is 0. The zero-order valence-electron chi connectivity index (χ0n) is 8.63. The second-order valence-electron chi connectivity index (χ2n) is 3.63. The van der Waals surface area contributed by atoms with Crippen LogP contribution in [0.15, 0.2) is 29.1 Å². The first-order valence-corrected chi connectivity index (χ1v) is 4.72. The molecular formula is C12H11NO2. The minimum absolute atomic E-state index is 0.000690. The summed E-state index contributed by atoms with van der Waals surface area (Å²) in [4.78, 5) is 25.1. The number of H-pyrrole nitrogens is 1. The Balaban J connectivity index is 2.82. The van der Waals surface area contributed by atoms with E-state index >= 15 is 0 Å². The molecule has 0 saturated heterocycles.